The van der Waals surface area contributed by atoms with Crippen LogP contribution < -0.4 is 26.6 Å². The molecule has 35 heavy (non-hydrogen) atoms. The highest BCUT2D eigenvalue weighted by Gasteiger charge is 2.17. The third kappa shape index (κ3) is 9.27. The van der Waals surface area contributed by atoms with Gasteiger partial charge in [-0.1, -0.05) is 0 Å². The molecule has 0 spiro atoms. The molecule has 1 aromatic heterocycles. The molecular formula is C24H38N8O3. The fraction of sp³-hybridized carbons (Fsp3) is 0.583. The van der Waals surface area contributed by atoms with E-state index < -0.39 is 0 Å². The molecular weight excluding hydrogens is 448 g/mol. The van der Waals surface area contributed by atoms with Gasteiger partial charge in [0.1, 0.15) is 0 Å². The highest BCUT2D eigenvalue weighted by molar-refractivity contribution is 5.94. The van der Waals surface area contributed by atoms with Crippen LogP contribution in [-0.2, 0) is 9.47 Å². The Labute approximate surface area is 207 Å². The Morgan fingerprint density at radius 3 is 2.34 bits per heavy atom. The van der Waals surface area contributed by atoms with Crippen LogP contribution in [0.25, 0.3) is 0 Å². The molecule has 1 amide bonds. The second kappa shape index (κ2) is 14.4. The van der Waals surface area contributed by atoms with Gasteiger partial charge in [-0.05, 0) is 57.4 Å². The number of nitrogens with two attached hydrogens (primary N) is 1. The van der Waals surface area contributed by atoms with Gasteiger partial charge in [-0.3, -0.25) is 4.79 Å². The molecule has 0 unspecified atom stereocenters. The Kier molecular flexibility index (Phi) is 10.9. The van der Waals surface area contributed by atoms with Crippen molar-refractivity contribution in [2.75, 3.05) is 68.1 Å². The van der Waals surface area contributed by atoms with Gasteiger partial charge in [-0.25, -0.2) is 0 Å². The van der Waals surface area contributed by atoms with Gasteiger partial charge in [-0.2, -0.15) is 15.0 Å². The zero-order valence-corrected chi connectivity index (χ0v) is 20.8. The maximum absolute atomic E-state index is 12.4. The van der Waals surface area contributed by atoms with E-state index in [0.29, 0.717) is 62.9 Å². The second-order valence-corrected chi connectivity index (χ2v) is 8.60. The number of aromatic nitrogens is 3. The quantitative estimate of drug-likeness (QED) is 0.294. The largest absolute Gasteiger partial charge is 0.378 e. The van der Waals surface area contributed by atoms with Crippen LogP contribution in [0.2, 0.25) is 0 Å². The molecule has 1 aliphatic rings. The molecule has 0 bridgehead atoms. The summed E-state index contributed by atoms with van der Waals surface area (Å²) >= 11 is 0. The summed E-state index contributed by atoms with van der Waals surface area (Å²) in [5.41, 5.74) is 6.70. The van der Waals surface area contributed by atoms with Gasteiger partial charge in [-0.15, -0.1) is 0 Å². The number of hydrogen-bond donors (Lipinski definition) is 4. The van der Waals surface area contributed by atoms with E-state index in [9.17, 15) is 4.79 Å². The number of amides is 1. The van der Waals surface area contributed by atoms with Crippen molar-refractivity contribution >= 4 is 29.4 Å². The average molecular weight is 487 g/mol. The van der Waals surface area contributed by atoms with Crippen molar-refractivity contribution in [2.24, 2.45) is 5.73 Å². The molecule has 11 heteroatoms. The van der Waals surface area contributed by atoms with Gasteiger partial charge in [0.15, 0.2) is 0 Å². The number of anilines is 4. The first-order valence-electron chi connectivity index (χ1n) is 12.3. The number of carbonyl (C=O) groups is 1. The maximum Gasteiger partial charge on any atom is 0.251 e. The third-order valence-corrected chi connectivity index (χ3v) is 5.25. The monoisotopic (exact) mass is 486 g/mol. The number of rotatable bonds is 14. The molecule has 1 saturated heterocycles. The molecule has 11 nitrogen and oxygen atoms in total. The SMILES string of the molecule is CC(C)Nc1nc(Nc2ccc(C(=O)NCCOCCOCCN)cc2)nc(N2CCCCC2)n1. The van der Waals surface area contributed by atoms with E-state index in [1.54, 1.807) is 12.1 Å². The number of piperidine rings is 1. The van der Waals surface area contributed by atoms with Crippen LogP contribution in [0, 0.1) is 0 Å². The number of ether oxygens (including phenoxy) is 2. The number of benzene rings is 1. The molecule has 0 aliphatic carbocycles. The highest BCUT2D eigenvalue weighted by Crippen LogP contribution is 2.21. The van der Waals surface area contributed by atoms with E-state index in [1.165, 1.54) is 6.42 Å². The van der Waals surface area contributed by atoms with Crippen LogP contribution in [0.5, 0.6) is 0 Å². The normalized spacial score (nSPS) is 13.7. The van der Waals surface area contributed by atoms with Crippen molar-refractivity contribution in [1.29, 1.82) is 0 Å². The molecule has 5 N–H and O–H groups in total. The topological polar surface area (TPSA) is 140 Å². The molecule has 3 rings (SSSR count). The zero-order valence-electron chi connectivity index (χ0n) is 20.8. The fourth-order valence-electron chi connectivity index (χ4n) is 3.56. The van der Waals surface area contributed by atoms with E-state index in [-0.39, 0.29) is 11.9 Å². The van der Waals surface area contributed by atoms with E-state index >= 15 is 0 Å². The molecule has 1 fully saturated rings. The minimum absolute atomic E-state index is 0.157. The Morgan fingerprint density at radius 1 is 0.971 bits per heavy atom. The van der Waals surface area contributed by atoms with Crippen LogP contribution >= 0.6 is 0 Å². The van der Waals surface area contributed by atoms with Crippen molar-refractivity contribution < 1.29 is 14.3 Å². The average Bonchev–Trinajstić information content (AvgIpc) is 2.86. The van der Waals surface area contributed by atoms with Gasteiger partial charge < -0.3 is 36.1 Å². The van der Waals surface area contributed by atoms with E-state index in [4.69, 9.17) is 15.2 Å². The lowest BCUT2D eigenvalue weighted by molar-refractivity contribution is 0.0511. The molecule has 192 valence electrons. The van der Waals surface area contributed by atoms with Gasteiger partial charge in [0, 0.05) is 43.5 Å². The summed E-state index contributed by atoms with van der Waals surface area (Å²) in [6.45, 7) is 8.81. The van der Waals surface area contributed by atoms with E-state index in [0.717, 1.165) is 31.6 Å². The molecule has 0 radical (unpaired) electrons. The summed E-state index contributed by atoms with van der Waals surface area (Å²) in [7, 11) is 0. The Bertz CT molecular complexity index is 904. The molecule has 1 aromatic carbocycles. The molecule has 2 heterocycles. The van der Waals surface area contributed by atoms with Crippen molar-refractivity contribution in [3.05, 3.63) is 29.8 Å². The Balaban J connectivity index is 1.54. The van der Waals surface area contributed by atoms with Crippen LogP contribution in [0.1, 0.15) is 43.5 Å². The lowest BCUT2D eigenvalue weighted by atomic mass is 10.1. The summed E-state index contributed by atoms with van der Waals surface area (Å²) < 4.78 is 10.7. The summed E-state index contributed by atoms with van der Waals surface area (Å²) in [6.07, 6.45) is 3.52. The standard InChI is InChI=1S/C24H38N8O3/c1-18(2)27-22-29-23(31-24(30-22)32-12-4-3-5-13-32)28-20-8-6-19(7-9-20)21(33)26-11-15-35-17-16-34-14-10-25/h6-9,18H,3-5,10-17,25H2,1-2H3,(H,26,33)(H2,27,28,29,30,31). The minimum Gasteiger partial charge on any atom is -0.378 e. The van der Waals surface area contributed by atoms with Gasteiger partial charge in [0.05, 0.1) is 26.4 Å². The minimum atomic E-state index is -0.157. The van der Waals surface area contributed by atoms with Gasteiger partial charge >= 0.3 is 0 Å². The molecule has 0 atom stereocenters. The Hall–Kier alpha value is -3.02. The summed E-state index contributed by atoms with van der Waals surface area (Å²) in [6, 6.07) is 7.39. The number of nitrogens with zero attached hydrogens (tertiary/aromatic N) is 4. The number of hydrogen-bond acceptors (Lipinski definition) is 10. The van der Waals surface area contributed by atoms with Crippen molar-refractivity contribution in [1.82, 2.24) is 20.3 Å². The van der Waals surface area contributed by atoms with Crippen molar-refractivity contribution in [2.45, 2.75) is 39.2 Å². The van der Waals surface area contributed by atoms with E-state index in [1.807, 2.05) is 26.0 Å². The highest BCUT2D eigenvalue weighted by atomic mass is 16.5. The summed E-state index contributed by atoms with van der Waals surface area (Å²) in [4.78, 5) is 28.4. The molecule has 0 saturated carbocycles. The van der Waals surface area contributed by atoms with Gasteiger partial charge in [0.2, 0.25) is 17.8 Å². The predicted molar refractivity (Wildman–Crippen MR) is 137 cm³/mol. The smallest absolute Gasteiger partial charge is 0.251 e. The first-order chi connectivity index (χ1) is 17.0. The summed E-state index contributed by atoms with van der Waals surface area (Å²) in [5.74, 6) is 1.53. The van der Waals surface area contributed by atoms with Crippen LogP contribution in [0.15, 0.2) is 24.3 Å². The number of carbonyl (C=O) groups excluding carboxylic acids is 1. The fourth-order valence-corrected chi connectivity index (χ4v) is 3.56. The first kappa shape index (κ1) is 26.6. The molecule has 2 aromatic rings. The Morgan fingerprint density at radius 2 is 1.66 bits per heavy atom. The third-order valence-electron chi connectivity index (χ3n) is 5.25. The van der Waals surface area contributed by atoms with E-state index in [2.05, 4.69) is 35.8 Å². The lowest BCUT2D eigenvalue weighted by Crippen LogP contribution is -2.31. The van der Waals surface area contributed by atoms with Crippen molar-refractivity contribution in [3.8, 4) is 0 Å². The van der Waals surface area contributed by atoms with Crippen LogP contribution in [0.3, 0.4) is 0 Å². The molecule has 1 aliphatic heterocycles. The second-order valence-electron chi connectivity index (χ2n) is 8.60. The predicted octanol–water partition coefficient (Wildman–Crippen LogP) is 2.15. The van der Waals surface area contributed by atoms with Crippen molar-refractivity contribution in [3.63, 3.8) is 0 Å². The van der Waals surface area contributed by atoms with Crippen LogP contribution in [-0.4, -0.2) is 79.5 Å². The lowest BCUT2D eigenvalue weighted by Gasteiger charge is -2.27. The zero-order chi connectivity index (χ0) is 24.9. The number of nitrogens with one attached hydrogen (secondary N) is 3. The van der Waals surface area contributed by atoms with Crippen LogP contribution in [0.4, 0.5) is 23.5 Å². The van der Waals surface area contributed by atoms with Gasteiger partial charge in [0.25, 0.3) is 5.91 Å². The maximum atomic E-state index is 12.4. The summed E-state index contributed by atoms with van der Waals surface area (Å²) in [5, 5.41) is 9.36. The first-order valence-corrected chi connectivity index (χ1v) is 12.3.